The Morgan fingerprint density at radius 2 is 1.88 bits per heavy atom. The first kappa shape index (κ1) is 24.8. The molecule has 0 atom stereocenters. The lowest BCUT2D eigenvalue weighted by Gasteiger charge is -2.07. The van der Waals surface area contributed by atoms with Gasteiger partial charge in [0.2, 0.25) is 0 Å². The van der Waals surface area contributed by atoms with Crippen molar-refractivity contribution in [1.82, 2.24) is 15.1 Å². The molecule has 2 aromatic heterocycles. The first-order valence-electron chi connectivity index (χ1n) is 10.6. The van der Waals surface area contributed by atoms with Crippen LogP contribution >= 0.6 is 24.0 Å². The van der Waals surface area contributed by atoms with Crippen LogP contribution in [0.1, 0.15) is 52.8 Å². The van der Waals surface area contributed by atoms with Crippen LogP contribution in [0.5, 0.6) is 0 Å². The highest BCUT2D eigenvalue weighted by Crippen LogP contribution is 2.31. The highest BCUT2D eigenvalue weighted by Gasteiger charge is 2.16. The van der Waals surface area contributed by atoms with Gasteiger partial charge in [0.05, 0.1) is 6.54 Å². The topological polar surface area (TPSA) is 72.1 Å². The van der Waals surface area contributed by atoms with E-state index in [1.807, 2.05) is 56.4 Å². The molecular weight excluding hydrogens is 459 g/mol. The molecule has 174 valence electrons. The van der Waals surface area contributed by atoms with Crippen LogP contribution < -0.4 is 10.6 Å². The zero-order valence-corrected chi connectivity index (χ0v) is 20.7. The van der Waals surface area contributed by atoms with Crippen molar-refractivity contribution in [2.45, 2.75) is 39.8 Å². The normalized spacial score (nSPS) is 11.1. The van der Waals surface area contributed by atoms with Gasteiger partial charge >= 0.3 is 0 Å². The van der Waals surface area contributed by atoms with E-state index in [0.717, 1.165) is 45.8 Å². The Kier molecular flexibility index (Phi) is 7.84. The Bertz CT molecular complexity index is 1260. The van der Waals surface area contributed by atoms with E-state index < -0.39 is 0 Å². The molecule has 0 aliphatic rings. The van der Waals surface area contributed by atoms with Gasteiger partial charge in [-0.3, -0.25) is 9.48 Å². The van der Waals surface area contributed by atoms with Crippen LogP contribution in [-0.2, 0) is 13.1 Å². The van der Waals surface area contributed by atoms with Gasteiger partial charge in [0.25, 0.3) is 5.91 Å². The molecule has 1 amide bonds. The van der Waals surface area contributed by atoms with Crippen LogP contribution in [0.25, 0.3) is 11.0 Å². The smallest absolute Gasteiger partial charge is 0.276 e. The largest absolute Gasteiger partial charge is 0.460 e. The lowest BCUT2D eigenvalue weighted by Crippen LogP contribution is -2.14. The van der Waals surface area contributed by atoms with E-state index in [-0.39, 0.29) is 24.2 Å². The number of nitrogens with one attached hydrogen (secondary N) is 2. The van der Waals surface area contributed by atoms with Gasteiger partial charge in [-0.1, -0.05) is 37.6 Å². The molecule has 0 spiro atoms. The Labute approximate surface area is 204 Å². The minimum atomic E-state index is -0.246. The Balaban J connectivity index is 0.00000306. The molecule has 33 heavy (non-hydrogen) atoms. The standard InChI is InChI=1S/C25H27ClN4O2.ClH/c1-15(2)23-12-18-10-20(26)11-19(24(18)32-23)14-30-16(3)9-22(29-30)25(31)28-21-7-5-17(6-8-21)13-27-4;/h5-12,15,27H,13-14H2,1-4H3,(H,28,31);1H. The summed E-state index contributed by atoms with van der Waals surface area (Å²) in [7, 11) is 1.90. The molecule has 4 rings (SSSR count). The van der Waals surface area contributed by atoms with Crippen LogP contribution in [-0.4, -0.2) is 22.7 Å². The number of benzene rings is 2. The summed E-state index contributed by atoms with van der Waals surface area (Å²) in [5.74, 6) is 0.953. The van der Waals surface area contributed by atoms with Crippen LogP contribution in [0.15, 0.2) is 52.9 Å². The van der Waals surface area contributed by atoms with Crippen molar-refractivity contribution in [3.8, 4) is 0 Å². The number of carbonyl (C=O) groups excluding carboxylic acids is 1. The molecule has 0 saturated heterocycles. The number of hydrogen-bond donors (Lipinski definition) is 2. The number of fused-ring (bicyclic) bond motifs is 1. The summed E-state index contributed by atoms with van der Waals surface area (Å²) < 4.78 is 7.90. The maximum Gasteiger partial charge on any atom is 0.276 e. The number of anilines is 1. The number of furan rings is 1. The van der Waals surface area contributed by atoms with Crippen LogP contribution in [0, 0.1) is 6.92 Å². The van der Waals surface area contributed by atoms with Gasteiger partial charge in [0.1, 0.15) is 11.3 Å². The van der Waals surface area contributed by atoms with Crippen molar-refractivity contribution in [3.63, 3.8) is 0 Å². The van der Waals surface area contributed by atoms with Crippen molar-refractivity contribution >= 4 is 46.6 Å². The number of hydrogen-bond acceptors (Lipinski definition) is 4. The second kappa shape index (κ2) is 10.4. The van der Waals surface area contributed by atoms with Crippen molar-refractivity contribution < 1.29 is 9.21 Å². The first-order chi connectivity index (χ1) is 15.3. The van der Waals surface area contributed by atoms with E-state index in [9.17, 15) is 4.79 Å². The number of carbonyl (C=O) groups is 1. The molecule has 0 saturated carbocycles. The molecule has 0 aliphatic heterocycles. The van der Waals surface area contributed by atoms with Crippen molar-refractivity contribution in [3.05, 3.63) is 81.8 Å². The zero-order valence-electron chi connectivity index (χ0n) is 19.1. The SMILES string of the molecule is CNCc1ccc(NC(=O)c2cc(C)n(Cc3cc(Cl)cc4cc(C(C)C)oc34)n2)cc1.Cl. The molecule has 4 aromatic rings. The van der Waals surface area contributed by atoms with Gasteiger partial charge < -0.3 is 15.1 Å². The number of halogens is 2. The second-order valence-corrected chi connectivity index (χ2v) is 8.73. The fraction of sp³-hybridized carbons (Fsp3) is 0.280. The fourth-order valence-corrected chi connectivity index (χ4v) is 3.90. The van der Waals surface area contributed by atoms with Gasteiger partial charge in [-0.15, -0.1) is 12.4 Å². The lowest BCUT2D eigenvalue weighted by molar-refractivity contribution is 0.102. The van der Waals surface area contributed by atoms with Gasteiger partial charge in [-0.25, -0.2) is 0 Å². The number of amides is 1. The monoisotopic (exact) mass is 486 g/mol. The molecule has 2 heterocycles. The van der Waals surface area contributed by atoms with Crippen molar-refractivity contribution in [2.24, 2.45) is 0 Å². The summed E-state index contributed by atoms with van der Waals surface area (Å²) in [6.45, 7) is 7.36. The summed E-state index contributed by atoms with van der Waals surface area (Å²) in [5.41, 5.74) is 4.86. The predicted molar refractivity (Wildman–Crippen MR) is 136 cm³/mol. The zero-order chi connectivity index (χ0) is 22.8. The average Bonchev–Trinajstić information content (AvgIpc) is 3.34. The van der Waals surface area contributed by atoms with E-state index >= 15 is 0 Å². The summed E-state index contributed by atoms with van der Waals surface area (Å²) in [5, 5.41) is 12.2. The third-order valence-electron chi connectivity index (χ3n) is 5.37. The van der Waals surface area contributed by atoms with Gasteiger partial charge in [0, 0.05) is 39.8 Å². The third kappa shape index (κ3) is 5.58. The molecular formula is C25H28Cl2N4O2. The number of nitrogens with zero attached hydrogens (tertiary/aromatic N) is 2. The van der Waals surface area contributed by atoms with Gasteiger partial charge in [0.15, 0.2) is 5.69 Å². The fourth-order valence-electron chi connectivity index (χ4n) is 3.66. The summed E-state index contributed by atoms with van der Waals surface area (Å²) in [6, 6.07) is 15.4. The van der Waals surface area contributed by atoms with E-state index in [1.54, 1.807) is 10.7 Å². The maximum absolute atomic E-state index is 12.7. The first-order valence-corrected chi connectivity index (χ1v) is 11.0. The molecule has 6 nitrogen and oxygen atoms in total. The Morgan fingerprint density at radius 1 is 1.15 bits per heavy atom. The quantitative estimate of drug-likeness (QED) is 0.328. The molecule has 0 unspecified atom stereocenters. The average molecular weight is 487 g/mol. The van der Waals surface area contributed by atoms with Crippen molar-refractivity contribution in [2.75, 3.05) is 12.4 Å². The minimum Gasteiger partial charge on any atom is -0.460 e. The molecule has 2 aromatic carbocycles. The van der Waals surface area contributed by atoms with E-state index in [2.05, 4.69) is 29.6 Å². The summed E-state index contributed by atoms with van der Waals surface area (Å²) >= 11 is 6.36. The molecule has 0 bridgehead atoms. The molecule has 2 N–H and O–H groups in total. The maximum atomic E-state index is 12.7. The molecule has 8 heteroatoms. The van der Waals surface area contributed by atoms with Gasteiger partial charge in [-0.05, 0) is 55.9 Å². The number of aromatic nitrogens is 2. The molecule has 0 aliphatic carbocycles. The predicted octanol–water partition coefficient (Wildman–Crippen LogP) is 6.16. The Morgan fingerprint density at radius 3 is 2.55 bits per heavy atom. The highest BCUT2D eigenvalue weighted by molar-refractivity contribution is 6.31. The van der Waals surface area contributed by atoms with Crippen LogP contribution in [0.3, 0.4) is 0 Å². The van der Waals surface area contributed by atoms with E-state index in [0.29, 0.717) is 17.3 Å². The molecule has 0 fully saturated rings. The summed E-state index contributed by atoms with van der Waals surface area (Å²) in [6.07, 6.45) is 0. The van der Waals surface area contributed by atoms with Crippen LogP contribution in [0.2, 0.25) is 5.02 Å². The van der Waals surface area contributed by atoms with Gasteiger partial charge in [-0.2, -0.15) is 5.10 Å². The minimum absolute atomic E-state index is 0. The van der Waals surface area contributed by atoms with E-state index in [4.69, 9.17) is 16.0 Å². The number of aryl methyl sites for hydroxylation is 1. The number of rotatable bonds is 7. The second-order valence-electron chi connectivity index (χ2n) is 8.30. The lowest BCUT2D eigenvalue weighted by atomic mass is 10.1. The van der Waals surface area contributed by atoms with Crippen LogP contribution in [0.4, 0.5) is 5.69 Å². The highest BCUT2D eigenvalue weighted by atomic mass is 35.5. The summed E-state index contributed by atoms with van der Waals surface area (Å²) in [4.78, 5) is 12.7. The Hall–Kier alpha value is -2.80. The van der Waals surface area contributed by atoms with E-state index in [1.165, 1.54) is 0 Å². The third-order valence-corrected chi connectivity index (χ3v) is 5.59. The van der Waals surface area contributed by atoms with Crippen molar-refractivity contribution in [1.29, 1.82) is 0 Å². The molecule has 0 radical (unpaired) electrons.